The van der Waals surface area contributed by atoms with Gasteiger partial charge in [0.25, 0.3) is 10.0 Å². The summed E-state index contributed by atoms with van der Waals surface area (Å²) in [5, 5.41) is 0. The first-order valence-corrected chi connectivity index (χ1v) is 12.5. The van der Waals surface area contributed by atoms with Crippen molar-refractivity contribution in [1.82, 2.24) is 4.98 Å². The van der Waals surface area contributed by atoms with Gasteiger partial charge in [-0.3, -0.25) is 9.52 Å². The average Bonchev–Trinajstić information content (AvgIpc) is 3.16. The highest BCUT2D eigenvalue weighted by Crippen LogP contribution is 2.31. The molecule has 2 aromatic carbocycles. The first-order chi connectivity index (χ1) is 17.7. The number of rotatable bonds is 8. The van der Waals surface area contributed by atoms with Gasteiger partial charge in [0, 0.05) is 11.4 Å². The molecule has 3 rings (SSSR count). The van der Waals surface area contributed by atoms with E-state index in [0.29, 0.717) is 17.3 Å². The Hall–Kier alpha value is -4.13. The van der Waals surface area contributed by atoms with Crippen LogP contribution < -0.4 is 4.72 Å². The van der Waals surface area contributed by atoms with Gasteiger partial charge in [0.2, 0.25) is 5.78 Å². The lowest BCUT2D eigenvalue weighted by Crippen LogP contribution is -2.25. The van der Waals surface area contributed by atoms with Gasteiger partial charge in [-0.1, -0.05) is 6.07 Å². The van der Waals surface area contributed by atoms with E-state index >= 15 is 0 Å². The Bertz CT molecular complexity index is 1490. The summed E-state index contributed by atoms with van der Waals surface area (Å²) in [6, 6.07) is 8.11. The van der Waals surface area contributed by atoms with Crippen molar-refractivity contribution in [1.29, 1.82) is 0 Å². The molecule has 0 saturated carbocycles. The van der Waals surface area contributed by atoms with Gasteiger partial charge in [0.05, 0.1) is 34.4 Å². The van der Waals surface area contributed by atoms with Gasteiger partial charge in [0.15, 0.2) is 6.10 Å². The Labute approximate surface area is 216 Å². The Morgan fingerprint density at radius 3 is 2.21 bits per heavy atom. The number of ether oxygens (including phenoxy) is 2. The quantitative estimate of drug-likeness (QED) is 0.307. The number of nitrogens with one attached hydrogen (secondary N) is 2. The highest BCUT2D eigenvalue weighted by Gasteiger charge is 2.31. The number of halogens is 3. The van der Waals surface area contributed by atoms with Crippen LogP contribution in [0, 0.1) is 13.8 Å². The Morgan fingerprint density at radius 2 is 1.63 bits per heavy atom. The molecule has 0 aliphatic heterocycles. The van der Waals surface area contributed by atoms with Crippen LogP contribution in [0.15, 0.2) is 53.4 Å². The number of methoxy groups -OCH3 is 1. The molecule has 0 unspecified atom stereocenters. The van der Waals surface area contributed by atoms with E-state index in [-0.39, 0.29) is 27.4 Å². The highest BCUT2D eigenvalue weighted by molar-refractivity contribution is 7.92. The largest absolute Gasteiger partial charge is 0.465 e. The van der Waals surface area contributed by atoms with Gasteiger partial charge in [-0.25, -0.2) is 18.0 Å². The summed E-state index contributed by atoms with van der Waals surface area (Å²) in [6.07, 6.45) is -5.90. The summed E-state index contributed by atoms with van der Waals surface area (Å²) in [5.74, 6) is -2.15. The molecule has 0 amide bonds. The molecule has 0 saturated heterocycles. The van der Waals surface area contributed by atoms with Crippen molar-refractivity contribution in [2.75, 3.05) is 11.8 Å². The van der Waals surface area contributed by atoms with Gasteiger partial charge in [-0.15, -0.1) is 0 Å². The Balaban J connectivity index is 1.72. The fraction of sp³-hybridized carbons (Fsp3) is 0.240. The van der Waals surface area contributed by atoms with E-state index in [2.05, 4.69) is 9.71 Å². The zero-order valence-electron chi connectivity index (χ0n) is 20.6. The van der Waals surface area contributed by atoms with Gasteiger partial charge in [0.1, 0.15) is 0 Å². The van der Waals surface area contributed by atoms with Crippen molar-refractivity contribution in [2.24, 2.45) is 0 Å². The second kappa shape index (κ2) is 10.7. The second-order valence-electron chi connectivity index (χ2n) is 8.24. The maximum absolute atomic E-state index is 12.9. The Kier molecular flexibility index (Phi) is 8.01. The molecular weight excluding hydrogens is 529 g/mol. The molecule has 0 radical (unpaired) electrons. The van der Waals surface area contributed by atoms with Crippen LogP contribution >= 0.6 is 0 Å². The third-order valence-corrected chi connectivity index (χ3v) is 6.97. The number of hydrogen-bond donors (Lipinski definition) is 2. The van der Waals surface area contributed by atoms with Crippen molar-refractivity contribution in [3.05, 3.63) is 82.2 Å². The Morgan fingerprint density at radius 1 is 1.00 bits per heavy atom. The number of esters is 2. The fourth-order valence-electron chi connectivity index (χ4n) is 3.63. The number of ketones is 1. The number of sulfonamides is 1. The maximum Gasteiger partial charge on any atom is 0.416 e. The number of aromatic amines is 1. The highest BCUT2D eigenvalue weighted by atomic mass is 32.2. The number of aryl methyl sites for hydroxylation is 1. The summed E-state index contributed by atoms with van der Waals surface area (Å²) in [5.41, 5.74) is -0.365. The molecular formula is C25H23F3N2O7S. The molecule has 0 aliphatic rings. The van der Waals surface area contributed by atoms with Gasteiger partial charge < -0.3 is 14.5 Å². The van der Waals surface area contributed by atoms with Crippen LogP contribution in [0.25, 0.3) is 0 Å². The number of anilines is 1. The third kappa shape index (κ3) is 6.05. The predicted molar refractivity (Wildman–Crippen MR) is 130 cm³/mol. The first kappa shape index (κ1) is 28.4. The van der Waals surface area contributed by atoms with Crippen molar-refractivity contribution < 1.29 is 45.4 Å². The lowest BCUT2D eigenvalue weighted by atomic mass is 10.1. The maximum atomic E-state index is 12.9. The topological polar surface area (TPSA) is 132 Å². The minimum absolute atomic E-state index is 0.0719. The monoisotopic (exact) mass is 552 g/mol. The van der Waals surface area contributed by atoms with Crippen LogP contribution in [-0.2, 0) is 25.7 Å². The van der Waals surface area contributed by atoms with Crippen molar-refractivity contribution in [2.45, 2.75) is 37.9 Å². The van der Waals surface area contributed by atoms with Crippen molar-refractivity contribution in [3.63, 3.8) is 0 Å². The van der Waals surface area contributed by atoms with Crippen LogP contribution in [0.3, 0.4) is 0 Å². The molecule has 1 aromatic heterocycles. The number of Topliss-reactive ketones (excluding diaryl/α,β-unsaturated/α-hetero) is 1. The number of alkyl halides is 3. The summed E-state index contributed by atoms with van der Waals surface area (Å²) >= 11 is 0. The average molecular weight is 553 g/mol. The molecule has 3 aromatic rings. The number of aromatic nitrogens is 1. The molecule has 0 bridgehead atoms. The number of H-pyrrole nitrogens is 1. The lowest BCUT2D eigenvalue weighted by molar-refractivity contribution is -0.137. The van der Waals surface area contributed by atoms with Crippen LogP contribution in [0.2, 0.25) is 0 Å². The predicted octanol–water partition coefficient (Wildman–Crippen LogP) is 4.67. The molecule has 9 nitrogen and oxygen atoms in total. The molecule has 202 valence electrons. The molecule has 0 aliphatic carbocycles. The summed E-state index contributed by atoms with van der Waals surface area (Å²) in [7, 11) is -3.07. The number of carbonyl (C=O) groups excluding carboxylic acids is 3. The first-order valence-electron chi connectivity index (χ1n) is 11.0. The molecule has 0 spiro atoms. The minimum atomic E-state index is -4.65. The van der Waals surface area contributed by atoms with Gasteiger partial charge in [-0.2, -0.15) is 13.2 Å². The molecule has 1 heterocycles. The van der Waals surface area contributed by atoms with Crippen LogP contribution in [0.5, 0.6) is 0 Å². The smallest absolute Gasteiger partial charge is 0.416 e. The van der Waals surface area contributed by atoms with E-state index in [4.69, 9.17) is 9.47 Å². The summed E-state index contributed by atoms with van der Waals surface area (Å²) < 4.78 is 75.9. The standard InChI is InChI=1S/C25H23F3N2O7S/c1-13-20(24(33)36-4)14(2)29-21(13)22(31)15(3)37-23(32)16-8-10-19(11-9-16)38(34,35)30-18-7-5-6-17(12-18)25(26,27)28/h5-12,15,29-30H,1-4H3/t15-/m0/s1. The molecule has 13 heteroatoms. The normalized spacial score (nSPS) is 12.5. The number of benzene rings is 2. The van der Waals surface area contributed by atoms with E-state index in [1.54, 1.807) is 13.8 Å². The minimum Gasteiger partial charge on any atom is -0.465 e. The third-order valence-electron chi connectivity index (χ3n) is 5.57. The van der Waals surface area contributed by atoms with Crippen molar-refractivity contribution in [3.8, 4) is 0 Å². The van der Waals surface area contributed by atoms with Gasteiger partial charge in [-0.05, 0) is 68.8 Å². The number of hydrogen-bond acceptors (Lipinski definition) is 7. The van der Waals surface area contributed by atoms with Crippen LogP contribution in [0.4, 0.5) is 18.9 Å². The molecule has 2 N–H and O–H groups in total. The SMILES string of the molecule is COC(=O)c1c(C)[nH]c(C(=O)[C@H](C)OC(=O)c2ccc(S(=O)(=O)Nc3cccc(C(F)(F)F)c3)cc2)c1C. The van der Waals surface area contributed by atoms with E-state index in [1.807, 2.05) is 0 Å². The van der Waals surface area contributed by atoms with E-state index in [0.717, 1.165) is 36.4 Å². The fourth-order valence-corrected chi connectivity index (χ4v) is 4.68. The molecule has 1 atom stereocenters. The summed E-state index contributed by atoms with van der Waals surface area (Å²) in [4.78, 5) is 39.8. The van der Waals surface area contributed by atoms with Gasteiger partial charge >= 0.3 is 18.1 Å². The lowest BCUT2D eigenvalue weighted by Gasteiger charge is -2.13. The van der Waals surface area contributed by atoms with Crippen molar-refractivity contribution >= 4 is 33.4 Å². The van der Waals surface area contributed by atoms with Crippen LogP contribution in [-0.4, -0.2) is 44.3 Å². The molecule has 0 fully saturated rings. The van der Waals surface area contributed by atoms with E-state index in [9.17, 15) is 36.0 Å². The van der Waals surface area contributed by atoms with Crippen LogP contribution in [0.1, 0.15) is 54.9 Å². The van der Waals surface area contributed by atoms with E-state index in [1.165, 1.54) is 20.1 Å². The second-order valence-corrected chi connectivity index (χ2v) is 9.92. The zero-order chi connectivity index (χ0) is 28.4. The molecule has 38 heavy (non-hydrogen) atoms. The van der Waals surface area contributed by atoms with E-state index < -0.39 is 45.6 Å². The zero-order valence-corrected chi connectivity index (χ0v) is 21.4. The summed E-state index contributed by atoms with van der Waals surface area (Å²) in [6.45, 7) is 4.47. The number of carbonyl (C=O) groups is 3.